The predicted molar refractivity (Wildman–Crippen MR) is 111 cm³/mol. The van der Waals surface area contributed by atoms with Gasteiger partial charge in [-0.1, -0.05) is 45.9 Å². The van der Waals surface area contributed by atoms with Crippen LogP contribution in [-0.4, -0.2) is 25.1 Å². The highest BCUT2D eigenvalue weighted by Gasteiger charge is 2.13. The number of carbonyl (C=O) groups is 2. The molecule has 0 aromatic heterocycles. The van der Waals surface area contributed by atoms with Crippen LogP contribution in [0.15, 0.2) is 42.5 Å². The van der Waals surface area contributed by atoms with Crippen molar-refractivity contribution in [3.8, 4) is 5.75 Å². The van der Waals surface area contributed by atoms with Gasteiger partial charge in [0.1, 0.15) is 5.75 Å². The van der Waals surface area contributed by atoms with Gasteiger partial charge in [-0.05, 0) is 54.2 Å². The molecular weight excluding hydrogens is 354 g/mol. The Balaban J connectivity index is 1.91. The standard InChI is InChI=1S/C23H29NO4/c1-5-17-8-7-9-18(6-2)22(17)24-21(25)15-28-23(26)19-10-12-20(13-11-19)27-14-16(3)4/h7-13,16H,5-6,14-15H2,1-4H3,(H,24,25). The van der Waals surface area contributed by atoms with Crippen LogP contribution in [0.25, 0.3) is 0 Å². The fraction of sp³-hybridized carbons (Fsp3) is 0.391. The van der Waals surface area contributed by atoms with Gasteiger partial charge in [0.25, 0.3) is 5.91 Å². The van der Waals surface area contributed by atoms with E-state index in [0.29, 0.717) is 23.8 Å². The third kappa shape index (κ3) is 6.12. The molecule has 0 saturated carbocycles. The number of esters is 1. The number of para-hydroxylation sites is 1. The minimum Gasteiger partial charge on any atom is -0.493 e. The first kappa shape index (κ1) is 21.5. The van der Waals surface area contributed by atoms with Gasteiger partial charge >= 0.3 is 5.97 Å². The van der Waals surface area contributed by atoms with Crippen molar-refractivity contribution in [2.24, 2.45) is 5.92 Å². The Labute approximate surface area is 167 Å². The fourth-order valence-electron chi connectivity index (χ4n) is 2.74. The van der Waals surface area contributed by atoms with Crippen LogP contribution in [0.3, 0.4) is 0 Å². The Morgan fingerprint density at radius 1 is 0.964 bits per heavy atom. The lowest BCUT2D eigenvalue weighted by Crippen LogP contribution is -2.22. The van der Waals surface area contributed by atoms with E-state index in [9.17, 15) is 9.59 Å². The number of carbonyl (C=O) groups excluding carboxylic acids is 2. The molecule has 1 N–H and O–H groups in total. The molecule has 5 heteroatoms. The molecule has 0 heterocycles. The van der Waals surface area contributed by atoms with Gasteiger partial charge < -0.3 is 14.8 Å². The topological polar surface area (TPSA) is 64.6 Å². The number of hydrogen-bond acceptors (Lipinski definition) is 4. The molecule has 0 aliphatic carbocycles. The van der Waals surface area contributed by atoms with E-state index in [1.54, 1.807) is 24.3 Å². The largest absolute Gasteiger partial charge is 0.493 e. The lowest BCUT2D eigenvalue weighted by Gasteiger charge is -2.14. The van der Waals surface area contributed by atoms with E-state index < -0.39 is 5.97 Å². The second-order valence-corrected chi connectivity index (χ2v) is 7.01. The number of hydrogen-bond donors (Lipinski definition) is 1. The van der Waals surface area contributed by atoms with Crippen LogP contribution < -0.4 is 10.1 Å². The van der Waals surface area contributed by atoms with E-state index in [4.69, 9.17) is 9.47 Å². The fourth-order valence-corrected chi connectivity index (χ4v) is 2.74. The number of nitrogens with one attached hydrogen (secondary N) is 1. The Morgan fingerprint density at radius 2 is 1.57 bits per heavy atom. The van der Waals surface area contributed by atoms with Crippen molar-refractivity contribution in [2.45, 2.75) is 40.5 Å². The molecule has 0 radical (unpaired) electrons. The monoisotopic (exact) mass is 383 g/mol. The summed E-state index contributed by atoms with van der Waals surface area (Å²) in [6, 6.07) is 12.7. The number of ether oxygens (including phenoxy) is 2. The maximum Gasteiger partial charge on any atom is 0.338 e. The molecule has 2 rings (SSSR count). The summed E-state index contributed by atoms with van der Waals surface area (Å²) < 4.78 is 10.7. The van der Waals surface area contributed by atoms with Crippen molar-refractivity contribution < 1.29 is 19.1 Å². The maximum atomic E-state index is 12.3. The van der Waals surface area contributed by atoms with E-state index in [2.05, 4.69) is 19.2 Å². The summed E-state index contributed by atoms with van der Waals surface area (Å²) in [4.78, 5) is 24.5. The SMILES string of the molecule is CCc1cccc(CC)c1NC(=O)COC(=O)c1ccc(OCC(C)C)cc1. The summed E-state index contributed by atoms with van der Waals surface area (Å²) in [6.07, 6.45) is 1.63. The lowest BCUT2D eigenvalue weighted by molar-refractivity contribution is -0.119. The van der Waals surface area contributed by atoms with Gasteiger partial charge in [-0.3, -0.25) is 4.79 Å². The summed E-state index contributed by atoms with van der Waals surface area (Å²) >= 11 is 0. The van der Waals surface area contributed by atoms with Crippen LogP contribution in [0.2, 0.25) is 0 Å². The van der Waals surface area contributed by atoms with Crippen LogP contribution in [0, 0.1) is 5.92 Å². The van der Waals surface area contributed by atoms with Crippen LogP contribution in [0.4, 0.5) is 5.69 Å². The van der Waals surface area contributed by atoms with Gasteiger partial charge in [-0.2, -0.15) is 0 Å². The molecule has 5 nitrogen and oxygen atoms in total. The smallest absolute Gasteiger partial charge is 0.338 e. The number of aryl methyl sites for hydroxylation is 2. The molecule has 0 unspecified atom stereocenters. The zero-order valence-corrected chi connectivity index (χ0v) is 17.1. The molecule has 0 atom stereocenters. The Kier molecular flexibility index (Phi) is 8.05. The minimum absolute atomic E-state index is 0.328. The van der Waals surface area contributed by atoms with E-state index in [1.807, 2.05) is 32.0 Å². The minimum atomic E-state index is -0.537. The van der Waals surface area contributed by atoms with Crippen LogP contribution >= 0.6 is 0 Å². The number of rotatable bonds is 9. The second kappa shape index (κ2) is 10.5. The van der Waals surface area contributed by atoms with Crippen LogP contribution in [0.1, 0.15) is 49.2 Å². The first-order chi connectivity index (χ1) is 13.4. The average molecular weight is 383 g/mol. The van der Waals surface area contributed by atoms with Gasteiger partial charge in [-0.25, -0.2) is 4.79 Å². The highest BCUT2D eigenvalue weighted by molar-refractivity contribution is 5.96. The Hall–Kier alpha value is -2.82. The zero-order valence-electron chi connectivity index (χ0n) is 17.1. The van der Waals surface area contributed by atoms with Gasteiger partial charge in [0.2, 0.25) is 0 Å². The molecule has 150 valence electrons. The number of anilines is 1. The molecule has 0 spiro atoms. The van der Waals surface area contributed by atoms with E-state index >= 15 is 0 Å². The summed E-state index contributed by atoms with van der Waals surface area (Å²) in [5.74, 6) is 0.242. The molecule has 0 fully saturated rings. The second-order valence-electron chi connectivity index (χ2n) is 7.01. The normalized spacial score (nSPS) is 10.6. The van der Waals surface area contributed by atoms with Crippen molar-refractivity contribution in [2.75, 3.05) is 18.5 Å². The molecule has 2 aromatic rings. The number of benzene rings is 2. The average Bonchev–Trinajstić information content (AvgIpc) is 2.71. The van der Waals surface area contributed by atoms with Gasteiger partial charge in [-0.15, -0.1) is 0 Å². The molecular formula is C23H29NO4. The molecule has 28 heavy (non-hydrogen) atoms. The van der Waals surface area contributed by atoms with Crippen LogP contribution in [0.5, 0.6) is 5.75 Å². The summed E-state index contributed by atoms with van der Waals surface area (Å²) in [7, 11) is 0. The summed E-state index contributed by atoms with van der Waals surface area (Å²) in [6.45, 7) is 8.50. The summed E-state index contributed by atoms with van der Waals surface area (Å²) in [5.41, 5.74) is 3.33. The Morgan fingerprint density at radius 3 is 2.11 bits per heavy atom. The third-order valence-electron chi connectivity index (χ3n) is 4.27. The van der Waals surface area contributed by atoms with Crippen molar-refractivity contribution >= 4 is 17.6 Å². The predicted octanol–water partition coefficient (Wildman–Crippen LogP) is 4.64. The zero-order chi connectivity index (χ0) is 20.5. The van der Waals surface area contributed by atoms with Gasteiger partial charge in [0.15, 0.2) is 6.61 Å². The highest BCUT2D eigenvalue weighted by Crippen LogP contribution is 2.22. The van der Waals surface area contributed by atoms with Crippen LogP contribution in [-0.2, 0) is 22.4 Å². The molecule has 0 saturated heterocycles. The lowest BCUT2D eigenvalue weighted by atomic mass is 10.0. The van der Waals surface area contributed by atoms with Crippen molar-refractivity contribution in [1.29, 1.82) is 0 Å². The number of amides is 1. The van der Waals surface area contributed by atoms with E-state index in [-0.39, 0.29) is 12.5 Å². The van der Waals surface area contributed by atoms with Crippen molar-refractivity contribution in [3.63, 3.8) is 0 Å². The third-order valence-corrected chi connectivity index (χ3v) is 4.27. The molecule has 1 amide bonds. The molecule has 0 aliphatic heterocycles. The quantitative estimate of drug-likeness (QED) is 0.641. The molecule has 2 aromatic carbocycles. The van der Waals surface area contributed by atoms with E-state index in [1.165, 1.54) is 0 Å². The van der Waals surface area contributed by atoms with Crippen molar-refractivity contribution in [1.82, 2.24) is 0 Å². The first-order valence-electron chi connectivity index (χ1n) is 9.75. The van der Waals surface area contributed by atoms with Gasteiger partial charge in [0.05, 0.1) is 12.2 Å². The maximum absolute atomic E-state index is 12.3. The Bertz CT molecular complexity index is 774. The van der Waals surface area contributed by atoms with Gasteiger partial charge in [0, 0.05) is 5.69 Å². The molecule has 0 aliphatic rings. The molecule has 0 bridgehead atoms. The first-order valence-corrected chi connectivity index (χ1v) is 9.75. The highest BCUT2D eigenvalue weighted by atomic mass is 16.5. The van der Waals surface area contributed by atoms with E-state index in [0.717, 1.165) is 29.7 Å². The van der Waals surface area contributed by atoms with Crippen molar-refractivity contribution in [3.05, 3.63) is 59.2 Å². The summed E-state index contributed by atoms with van der Waals surface area (Å²) in [5, 5.41) is 2.89.